The van der Waals surface area contributed by atoms with Gasteiger partial charge in [0.05, 0.1) is 5.69 Å². The van der Waals surface area contributed by atoms with Crippen LogP contribution in [0.15, 0.2) is 47.5 Å². The van der Waals surface area contributed by atoms with Crippen LogP contribution < -0.4 is 5.32 Å². The molecule has 6 nitrogen and oxygen atoms in total. The molecule has 31 heavy (non-hydrogen) atoms. The van der Waals surface area contributed by atoms with Gasteiger partial charge in [-0.1, -0.05) is 42.1 Å². The molecule has 3 rings (SSSR count). The third kappa shape index (κ3) is 5.95. The number of amidine groups is 1. The molecule has 0 bridgehead atoms. The van der Waals surface area contributed by atoms with Gasteiger partial charge in [-0.05, 0) is 56.0 Å². The van der Waals surface area contributed by atoms with Gasteiger partial charge in [0.1, 0.15) is 5.25 Å². The first-order chi connectivity index (χ1) is 14.9. The van der Waals surface area contributed by atoms with Crippen LogP contribution >= 0.6 is 11.8 Å². The number of thioether (sulfide) groups is 1. The second-order valence-corrected chi connectivity index (χ2v) is 8.86. The number of para-hydroxylation sites is 1. The molecule has 0 radical (unpaired) electrons. The highest BCUT2D eigenvalue weighted by molar-refractivity contribution is 8.15. The summed E-state index contributed by atoms with van der Waals surface area (Å²) in [6.07, 6.45) is 0.807. The Labute approximate surface area is 188 Å². The fourth-order valence-electron chi connectivity index (χ4n) is 3.33. The lowest BCUT2D eigenvalue weighted by molar-refractivity contribution is -0.128. The molecule has 1 N–H and O–H groups in total. The predicted octanol–water partition coefficient (Wildman–Crippen LogP) is 4.61. The summed E-state index contributed by atoms with van der Waals surface area (Å²) in [6, 6.07) is 13.7. The van der Waals surface area contributed by atoms with E-state index >= 15 is 0 Å². The molecule has 0 aromatic heterocycles. The lowest BCUT2D eigenvalue weighted by Crippen LogP contribution is -2.34. The Morgan fingerprint density at radius 1 is 1.16 bits per heavy atom. The van der Waals surface area contributed by atoms with Gasteiger partial charge in [-0.2, -0.15) is 0 Å². The topological polar surface area (TPSA) is 71.0 Å². The number of rotatable bonds is 8. The van der Waals surface area contributed by atoms with Gasteiger partial charge in [0.2, 0.25) is 11.8 Å². The van der Waals surface area contributed by atoms with E-state index in [0.29, 0.717) is 24.7 Å². The maximum Gasteiger partial charge on any atom is 0.242 e. The zero-order valence-corrected chi connectivity index (χ0v) is 19.3. The highest BCUT2D eigenvalue weighted by Gasteiger charge is 2.39. The molecular weight excluding hydrogens is 410 g/mol. The molecule has 2 aromatic carbocycles. The van der Waals surface area contributed by atoms with E-state index < -0.39 is 5.25 Å². The molecule has 0 aliphatic carbocycles. The number of hydrogen-bond acceptors (Lipinski definition) is 5. The summed E-state index contributed by atoms with van der Waals surface area (Å²) in [5.74, 6) is -0.252. The van der Waals surface area contributed by atoms with Crippen molar-refractivity contribution in [1.29, 1.82) is 0 Å². The minimum absolute atomic E-state index is 0.0791. The Morgan fingerprint density at radius 3 is 2.68 bits per heavy atom. The van der Waals surface area contributed by atoms with Crippen LogP contribution in [-0.2, 0) is 14.3 Å². The first-order valence-corrected chi connectivity index (χ1v) is 11.3. The van der Waals surface area contributed by atoms with E-state index in [9.17, 15) is 9.59 Å². The highest BCUT2D eigenvalue weighted by atomic mass is 32.2. The molecule has 2 amide bonds. The minimum Gasteiger partial charge on any atom is -0.385 e. The molecule has 0 spiro atoms. The maximum absolute atomic E-state index is 13.1. The Kier molecular flexibility index (Phi) is 7.87. The van der Waals surface area contributed by atoms with E-state index in [1.165, 1.54) is 11.8 Å². The number of anilines is 1. The summed E-state index contributed by atoms with van der Waals surface area (Å²) in [7, 11) is 1.64. The number of nitrogens with one attached hydrogen (secondary N) is 1. The Hall–Kier alpha value is -2.64. The molecule has 1 atom stereocenters. The summed E-state index contributed by atoms with van der Waals surface area (Å²) < 4.78 is 5.14. The summed E-state index contributed by atoms with van der Waals surface area (Å²) in [5, 5.41) is 3.10. The molecule has 1 heterocycles. The molecular formula is C24H29N3O3S. The van der Waals surface area contributed by atoms with Crippen LogP contribution in [0.5, 0.6) is 0 Å². The largest absolute Gasteiger partial charge is 0.385 e. The van der Waals surface area contributed by atoms with Crippen LogP contribution in [0, 0.1) is 20.8 Å². The van der Waals surface area contributed by atoms with Crippen LogP contribution in [0.4, 0.5) is 11.4 Å². The van der Waals surface area contributed by atoms with Gasteiger partial charge in [-0.3, -0.25) is 14.5 Å². The molecule has 7 heteroatoms. The number of benzene rings is 2. The van der Waals surface area contributed by atoms with Crippen molar-refractivity contribution in [3.8, 4) is 0 Å². The average molecular weight is 440 g/mol. The van der Waals surface area contributed by atoms with Crippen LogP contribution in [0.1, 0.15) is 29.5 Å². The SMILES string of the molecule is COCCCN1C(=O)[C@H](CC(=O)Nc2cc(C)ccc2C)SC1=Nc1ccccc1C. The van der Waals surface area contributed by atoms with E-state index in [-0.39, 0.29) is 18.2 Å². The number of carbonyl (C=O) groups excluding carboxylic acids is 2. The van der Waals surface area contributed by atoms with Gasteiger partial charge in [0.15, 0.2) is 5.17 Å². The first kappa shape index (κ1) is 23.0. The zero-order chi connectivity index (χ0) is 22.4. The number of amides is 2. The zero-order valence-electron chi connectivity index (χ0n) is 18.5. The minimum atomic E-state index is -0.490. The van der Waals surface area contributed by atoms with Crippen molar-refractivity contribution >= 4 is 40.1 Å². The molecule has 1 fully saturated rings. The van der Waals surface area contributed by atoms with E-state index in [1.54, 1.807) is 12.0 Å². The van der Waals surface area contributed by atoms with Gasteiger partial charge < -0.3 is 10.1 Å². The van der Waals surface area contributed by atoms with Crippen molar-refractivity contribution in [2.75, 3.05) is 25.6 Å². The van der Waals surface area contributed by atoms with E-state index in [0.717, 1.165) is 28.1 Å². The molecule has 164 valence electrons. The molecule has 1 saturated heterocycles. The summed E-state index contributed by atoms with van der Waals surface area (Å²) in [4.78, 5) is 32.2. The summed E-state index contributed by atoms with van der Waals surface area (Å²) in [5.41, 5.74) is 4.72. The van der Waals surface area contributed by atoms with Crippen molar-refractivity contribution in [3.63, 3.8) is 0 Å². The fourth-order valence-corrected chi connectivity index (χ4v) is 4.51. The van der Waals surface area contributed by atoms with Gasteiger partial charge in [-0.25, -0.2) is 4.99 Å². The predicted molar refractivity (Wildman–Crippen MR) is 127 cm³/mol. The third-order valence-corrected chi connectivity index (χ3v) is 6.30. The molecule has 0 saturated carbocycles. The number of ether oxygens (including phenoxy) is 1. The Morgan fingerprint density at radius 2 is 1.94 bits per heavy atom. The van der Waals surface area contributed by atoms with E-state index in [4.69, 9.17) is 9.73 Å². The van der Waals surface area contributed by atoms with Crippen molar-refractivity contribution in [1.82, 2.24) is 4.90 Å². The highest BCUT2D eigenvalue weighted by Crippen LogP contribution is 2.33. The lowest BCUT2D eigenvalue weighted by atomic mass is 10.1. The quantitative estimate of drug-likeness (QED) is 0.610. The lowest BCUT2D eigenvalue weighted by Gasteiger charge is -2.16. The van der Waals surface area contributed by atoms with Crippen molar-refractivity contribution in [2.24, 2.45) is 4.99 Å². The monoisotopic (exact) mass is 439 g/mol. The van der Waals surface area contributed by atoms with E-state index in [1.807, 2.05) is 63.2 Å². The van der Waals surface area contributed by atoms with Gasteiger partial charge in [0.25, 0.3) is 0 Å². The van der Waals surface area contributed by atoms with Crippen molar-refractivity contribution < 1.29 is 14.3 Å². The standard InChI is InChI=1S/C24H29N3O3S/c1-16-10-11-18(3)20(14-16)25-22(28)15-21-23(29)27(12-7-13-30-4)24(31-21)26-19-9-6-5-8-17(19)2/h5-6,8-11,14,21H,7,12-13,15H2,1-4H3,(H,25,28)/t21-/m0/s1. The summed E-state index contributed by atoms with van der Waals surface area (Å²) >= 11 is 1.36. The molecule has 0 unspecified atom stereocenters. The second-order valence-electron chi connectivity index (χ2n) is 7.69. The van der Waals surface area contributed by atoms with Crippen LogP contribution in [-0.4, -0.2) is 47.4 Å². The Balaban J connectivity index is 1.76. The number of carbonyl (C=O) groups is 2. The second kappa shape index (κ2) is 10.6. The van der Waals surface area contributed by atoms with Crippen LogP contribution in [0.2, 0.25) is 0 Å². The van der Waals surface area contributed by atoms with Gasteiger partial charge >= 0.3 is 0 Å². The van der Waals surface area contributed by atoms with Gasteiger partial charge in [0, 0.05) is 32.4 Å². The molecule has 1 aliphatic rings. The van der Waals surface area contributed by atoms with Crippen molar-refractivity contribution in [3.05, 3.63) is 59.2 Å². The van der Waals surface area contributed by atoms with Gasteiger partial charge in [-0.15, -0.1) is 0 Å². The normalized spacial score (nSPS) is 17.4. The van der Waals surface area contributed by atoms with Crippen LogP contribution in [0.3, 0.4) is 0 Å². The smallest absolute Gasteiger partial charge is 0.242 e. The molecule has 1 aliphatic heterocycles. The van der Waals surface area contributed by atoms with E-state index in [2.05, 4.69) is 5.32 Å². The number of nitrogens with zero attached hydrogens (tertiary/aromatic N) is 2. The molecule has 2 aromatic rings. The summed E-state index contributed by atoms with van der Waals surface area (Å²) in [6.45, 7) is 7.00. The average Bonchev–Trinajstić information content (AvgIpc) is 3.01. The number of methoxy groups -OCH3 is 1. The number of aliphatic imine (C=N–C) groups is 1. The van der Waals surface area contributed by atoms with Crippen LogP contribution in [0.25, 0.3) is 0 Å². The third-order valence-electron chi connectivity index (χ3n) is 5.12. The van der Waals surface area contributed by atoms with Crippen molar-refractivity contribution in [2.45, 2.75) is 38.9 Å². The first-order valence-electron chi connectivity index (χ1n) is 10.4. The number of hydrogen-bond donors (Lipinski definition) is 1. The number of aryl methyl sites for hydroxylation is 3. The fraction of sp³-hybridized carbons (Fsp3) is 0.375. The Bertz CT molecular complexity index is 990. The maximum atomic E-state index is 13.1.